The first-order valence-electron chi connectivity index (χ1n) is 9.67. The fraction of sp³-hybridized carbons (Fsp3) is 0.364. The zero-order valence-corrected chi connectivity index (χ0v) is 18.4. The zero-order chi connectivity index (χ0) is 20.8. The van der Waals surface area contributed by atoms with Gasteiger partial charge in [-0.15, -0.1) is 0 Å². The quantitative estimate of drug-likeness (QED) is 0.565. The average molecular weight is 433 g/mol. The zero-order valence-electron chi connectivity index (χ0n) is 16.9. The second-order valence-corrected chi connectivity index (χ2v) is 8.17. The molecule has 0 aromatic heterocycles. The van der Waals surface area contributed by atoms with Gasteiger partial charge in [-0.05, 0) is 61.7 Å². The topological polar surface area (TPSA) is 51.1 Å². The molecule has 1 atom stereocenters. The summed E-state index contributed by atoms with van der Waals surface area (Å²) in [5, 5.41) is 1.08. The fourth-order valence-corrected chi connectivity index (χ4v) is 4.60. The van der Waals surface area contributed by atoms with Gasteiger partial charge in [0.1, 0.15) is 11.5 Å². The van der Waals surface area contributed by atoms with Crippen LogP contribution in [0.1, 0.15) is 25.8 Å². The molecule has 1 aliphatic heterocycles. The lowest BCUT2D eigenvalue weighted by Crippen LogP contribution is -2.33. The molecule has 0 aliphatic carbocycles. The molecule has 3 rings (SSSR count). The van der Waals surface area contributed by atoms with E-state index in [1.807, 2.05) is 49.4 Å². The van der Waals surface area contributed by atoms with Crippen LogP contribution in [0.4, 0.5) is 5.69 Å². The number of nitrogens with zero attached hydrogens (tertiary/aromatic N) is 2. The van der Waals surface area contributed by atoms with Crippen molar-refractivity contribution < 1.29 is 14.3 Å². The molecule has 154 valence electrons. The summed E-state index contributed by atoms with van der Waals surface area (Å²) in [6.07, 6.45) is 1.46. The summed E-state index contributed by atoms with van der Waals surface area (Å²) in [6.45, 7) is 5.29. The number of hydrogen-bond donors (Lipinski definition) is 0. The molecule has 1 amide bonds. The van der Waals surface area contributed by atoms with Gasteiger partial charge >= 0.3 is 0 Å². The summed E-state index contributed by atoms with van der Waals surface area (Å²) >= 11 is 7.75. The molecule has 5 nitrogen and oxygen atoms in total. The molecule has 7 heteroatoms. The van der Waals surface area contributed by atoms with Gasteiger partial charge < -0.3 is 9.47 Å². The van der Waals surface area contributed by atoms with Crippen LogP contribution in [0.2, 0.25) is 5.02 Å². The molecule has 0 unspecified atom stereocenters. The Bertz CT molecular complexity index is 886. The first-order valence-corrected chi connectivity index (χ1v) is 10.9. The molecule has 0 N–H and O–H groups in total. The number of methoxy groups -OCH3 is 1. The molecule has 1 saturated heterocycles. The van der Waals surface area contributed by atoms with E-state index in [-0.39, 0.29) is 11.2 Å². The molecule has 29 heavy (non-hydrogen) atoms. The highest BCUT2D eigenvalue weighted by atomic mass is 35.5. The monoisotopic (exact) mass is 432 g/mol. The van der Waals surface area contributed by atoms with Crippen LogP contribution in [0.3, 0.4) is 0 Å². The highest BCUT2D eigenvalue weighted by Crippen LogP contribution is 2.34. The van der Waals surface area contributed by atoms with Crippen molar-refractivity contribution in [2.75, 3.05) is 20.3 Å². The minimum Gasteiger partial charge on any atom is -0.495 e. The predicted octanol–water partition coefficient (Wildman–Crippen LogP) is 5.33. The third-order valence-electron chi connectivity index (χ3n) is 4.48. The molecule has 2 aromatic rings. The number of hydrogen-bond acceptors (Lipinski definition) is 5. The van der Waals surface area contributed by atoms with E-state index in [2.05, 4.69) is 6.92 Å². The van der Waals surface area contributed by atoms with E-state index in [0.29, 0.717) is 30.3 Å². The molecular weight excluding hydrogens is 408 g/mol. The Balaban J connectivity index is 1.79. The third kappa shape index (κ3) is 5.25. The molecule has 1 fully saturated rings. The predicted molar refractivity (Wildman–Crippen MR) is 120 cm³/mol. The number of carbonyl (C=O) groups is 1. The summed E-state index contributed by atoms with van der Waals surface area (Å²) in [5.74, 6) is 1.53. The Hall–Kier alpha value is -2.18. The van der Waals surface area contributed by atoms with Crippen molar-refractivity contribution >= 4 is 40.1 Å². The number of amidine groups is 1. The average Bonchev–Trinajstić information content (AvgIpc) is 2.99. The van der Waals surface area contributed by atoms with Crippen LogP contribution in [-0.2, 0) is 11.2 Å². The van der Waals surface area contributed by atoms with E-state index >= 15 is 0 Å². The van der Waals surface area contributed by atoms with E-state index in [4.69, 9.17) is 26.1 Å². The van der Waals surface area contributed by atoms with Crippen LogP contribution in [0.15, 0.2) is 47.5 Å². The first kappa shape index (κ1) is 21.5. The summed E-state index contributed by atoms with van der Waals surface area (Å²) < 4.78 is 10.7. The van der Waals surface area contributed by atoms with Gasteiger partial charge in [0, 0.05) is 6.54 Å². The Kier molecular flexibility index (Phi) is 7.45. The highest BCUT2D eigenvalue weighted by molar-refractivity contribution is 8.15. The second kappa shape index (κ2) is 10.0. The van der Waals surface area contributed by atoms with Crippen LogP contribution in [0, 0.1) is 0 Å². The number of ether oxygens (including phenoxy) is 2. The van der Waals surface area contributed by atoms with Crippen molar-refractivity contribution in [1.29, 1.82) is 0 Å². The molecule has 1 aliphatic rings. The largest absolute Gasteiger partial charge is 0.495 e. The number of benzene rings is 2. The standard InChI is InChI=1S/C22H25ClN2O3S/c1-4-12-25-21(26)20(14-15-6-11-19(27-3)18(23)13-15)29-22(25)24-16-7-9-17(10-8-16)28-5-2/h6-11,13,20H,4-5,12,14H2,1-3H3/t20-/m1/s1. The van der Waals surface area contributed by atoms with Gasteiger partial charge in [-0.3, -0.25) is 9.69 Å². The molecule has 0 saturated carbocycles. The lowest BCUT2D eigenvalue weighted by molar-refractivity contribution is -0.126. The van der Waals surface area contributed by atoms with E-state index < -0.39 is 0 Å². The minimum absolute atomic E-state index is 0.0912. The van der Waals surface area contributed by atoms with E-state index in [0.717, 1.165) is 28.6 Å². The van der Waals surface area contributed by atoms with Gasteiger partial charge in [0.25, 0.3) is 0 Å². The van der Waals surface area contributed by atoms with Gasteiger partial charge in [-0.2, -0.15) is 0 Å². The number of aliphatic imine (C=N–C) groups is 1. The fourth-order valence-electron chi connectivity index (χ4n) is 3.10. The molecule has 0 bridgehead atoms. The van der Waals surface area contributed by atoms with Crippen molar-refractivity contribution in [2.24, 2.45) is 4.99 Å². The first-order chi connectivity index (χ1) is 14.0. The van der Waals surface area contributed by atoms with Crippen molar-refractivity contribution in [2.45, 2.75) is 31.9 Å². The van der Waals surface area contributed by atoms with Crippen LogP contribution >= 0.6 is 23.4 Å². The van der Waals surface area contributed by atoms with Crippen molar-refractivity contribution in [3.05, 3.63) is 53.1 Å². The summed E-state index contributed by atoms with van der Waals surface area (Å²) in [4.78, 5) is 19.5. The van der Waals surface area contributed by atoms with Crippen LogP contribution in [0.25, 0.3) is 0 Å². The smallest absolute Gasteiger partial charge is 0.242 e. The second-order valence-electron chi connectivity index (χ2n) is 6.59. The Morgan fingerprint density at radius 1 is 1.17 bits per heavy atom. The van der Waals surface area contributed by atoms with Crippen molar-refractivity contribution in [3.63, 3.8) is 0 Å². The van der Waals surface area contributed by atoms with E-state index in [1.165, 1.54) is 11.8 Å². The van der Waals surface area contributed by atoms with Gasteiger partial charge in [-0.25, -0.2) is 4.99 Å². The van der Waals surface area contributed by atoms with E-state index in [9.17, 15) is 4.79 Å². The van der Waals surface area contributed by atoms with Gasteiger partial charge in [0.15, 0.2) is 5.17 Å². The van der Waals surface area contributed by atoms with Crippen LogP contribution in [-0.4, -0.2) is 41.5 Å². The minimum atomic E-state index is -0.215. The Labute approximate surface area is 181 Å². The summed E-state index contributed by atoms with van der Waals surface area (Å²) in [5.41, 5.74) is 1.80. The molecule has 2 aromatic carbocycles. The highest BCUT2D eigenvalue weighted by Gasteiger charge is 2.37. The SMILES string of the molecule is CCCN1C(=O)[C@@H](Cc2ccc(OC)c(Cl)c2)SC1=Nc1ccc(OCC)cc1. The molecule has 0 radical (unpaired) electrons. The number of rotatable bonds is 8. The number of thioether (sulfide) groups is 1. The molecule has 0 spiro atoms. The van der Waals surface area contributed by atoms with Crippen LogP contribution in [0.5, 0.6) is 11.5 Å². The maximum Gasteiger partial charge on any atom is 0.242 e. The normalized spacial score (nSPS) is 17.8. The van der Waals surface area contributed by atoms with Gasteiger partial charge in [-0.1, -0.05) is 36.4 Å². The van der Waals surface area contributed by atoms with Crippen molar-refractivity contribution in [3.8, 4) is 11.5 Å². The third-order valence-corrected chi connectivity index (χ3v) is 5.95. The lowest BCUT2D eigenvalue weighted by atomic mass is 10.1. The summed E-state index contributed by atoms with van der Waals surface area (Å²) in [7, 11) is 1.59. The molecule has 1 heterocycles. The number of carbonyl (C=O) groups excluding carboxylic acids is 1. The van der Waals surface area contributed by atoms with E-state index in [1.54, 1.807) is 12.0 Å². The number of amides is 1. The molecular formula is C22H25ClN2O3S. The number of halogens is 1. The maximum atomic E-state index is 13.0. The van der Waals surface area contributed by atoms with Crippen LogP contribution < -0.4 is 9.47 Å². The maximum absolute atomic E-state index is 13.0. The Morgan fingerprint density at radius 2 is 1.93 bits per heavy atom. The lowest BCUT2D eigenvalue weighted by Gasteiger charge is -2.15. The van der Waals surface area contributed by atoms with Gasteiger partial charge in [0.2, 0.25) is 5.91 Å². The Morgan fingerprint density at radius 3 is 2.55 bits per heavy atom. The van der Waals surface area contributed by atoms with Crippen molar-refractivity contribution in [1.82, 2.24) is 4.90 Å². The summed E-state index contributed by atoms with van der Waals surface area (Å²) in [6, 6.07) is 13.2. The van der Waals surface area contributed by atoms with Gasteiger partial charge in [0.05, 0.1) is 29.7 Å².